The molecule has 1 aromatic rings. The van der Waals surface area contributed by atoms with Crippen molar-refractivity contribution in [2.24, 2.45) is 0 Å². The first-order chi connectivity index (χ1) is 12.6. The van der Waals surface area contributed by atoms with E-state index in [1.807, 2.05) is 6.92 Å². The molecule has 27 heavy (non-hydrogen) atoms. The molecule has 1 fully saturated rings. The molecule has 0 saturated carbocycles. The van der Waals surface area contributed by atoms with Crippen LogP contribution in [-0.2, 0) is 19.4 Å². The SMILES string of the molecule is CCCN(C(=O)COC(=O)c1ccc(Cl)cc1[N+](=O)[O-])[C@H]1CCS(=O)(=O)C1. The van der Waals surface area contributed by atoms with Gasteiger partial charge in [-0.25, -0.2) is 13.2 Å². The number of carbonyl (C=O) groups excluding carboxylic acids is 2. The van der Waals surface area contributed by atoms with Crippen molar-refractivity contribution >= 4 is 39.0 Å². The lowest BCUT2D eigenvalue weighted by Gasteiger charge is -2.27. The minimum absolute atomic E-state index is 0.0158. The minimum Gasteiger partial charge on any atom is -0.452 e. The van der Waals surface area contributed by atoms with E-state index in [0.29, 0.717) is 19.4 Å². The third-order valence-electron chi connectivity index (χ3n) is 4.14. The molecular formula is C16H19ClN2O7S. The van der Waals surface area contributed by atoms with Gasteiger partial charge in [-0.1, -0.05) is 18.5 Å². The van der Waals surface area contributed by atoms with Crippen LogP contribution < -0.4 is 0 Å². The van der Waals surface area contributed by atoms with Crippen molar-refractivity contribution in [3.05, 3.63) is 38.9 Å². The van der Waals surface area contributed by atoms with Crippen LogP contribution in [0.25, 0.3) is 0 Å². The first-order valence-corrected chi connectivity index (χ1v) is 10.5. The van der Waals surface area contributed by atoms with Gasteiger partial charge in [0.2, 0.25) is 0 Å². The van der Waals surface area contributed by atoms with Crippen molar-refractivity contribution in [1.29, 1.82) is 0 Å². The molecule has 0 aromatic heterocycles. The molecule has 0 spiro atoms. The number of halogens is 1. The second-order valence-electron chi connectivity index (χ2n) is 6.14. The standard InChI is InChI=1S/C16H19ClN2O7S/c1-2-6-18(12-5-7-27(24,25)10-12)15(20)9-26-16(21)13-4-3-11(17)8-14(13)19(22)23/h3-4,8,12H,2,5-7,9-10H2,1H3/t12-/m0/s1. The predicted octanol–water partition coefficient (Wildman–Crippen LogP) is 1.83. The van der Waals surface area contributed by atoms with Crippen LogP contribution in [0, 0.1) is 10.1 Å². The highest BCUT2D eigenvalue weighted by molar-refractivity contribution is 7.91. The van der Waals surface area contributed by atoms with Crippen LogP contribution >= 0.6 is 11.6 Å². The molecule has 1 aromatic carbocycles. The Hall–Kier alpha value is -2.20. The largest absolute Gasteiger partial charge is 0.452 e. The van der Waals surface area contributed by atoms with E-state index in [0.717, 1.165) is 12.1 Å². The maximum atomic E-state index is 12.4. The van der Waals surface area contributed by atoms with Crippen LogP contribution in [0.15, 0.2) is 18.2 Å². The van der Waals surface area contributed by atoms with Crippen LogP contribution in [0.2, 0.25) is 5.02 Å². The Labute approximate surface area is 161 Å². The molecule has 1 heterocycles. The zero-order chi connectivity index (χ0) is 20.2. The molecule has 1 amide bonds. The monoisotopic (exact) mass is 418 g/mol. The second kappa shape index (κ2) is 8.66. The lowest BCUT2D eigenvalue weighted by Crippen LogP contribution is -2.43. The molecule has 1 aliphatic heterocycles. The van der Waals surface area contributed by atoms with Crippen LogP contribution in [0.5, 0.6) is 0 Å². The molecule has 1 aliphatic rings. The van der Waals surface area contributed by atoms with E-state index in [1.165, 1.54) is 11.0 Å². The van der Waals surface area contributed by atoms with Gasteiger partial charge in [0, 0.05) is 23.7 Å². The molecule has 0 unspecified atom stereocenters. The van der Waals surface area contributed by atoms with E-state index in [1.54, 1.807) is 0 Å². The number of hydrogen-bond acceptors (Lipinski definition) is 7. The Morgan fingerprint density at radius 2 is 2.11 bits per heavy atom. The normalized spacial score (nSPS) is 18.1. The number of nitro benzene ring substituents is 1. The summed E-state index contributed by atoms with van der Waals surface area (Å²) in [5.41, 5.74) is -0.838. The number of esters is 1. The lowest BCUT2D eigenvalue weighted by molar-refractivity contribution is -0.385. The summed E-state index contributed by atoms with van der Waals surface area (Å²) in [6.07, 6.45) is 0.948. The van der Waals surface area contributed by atoms with Gasteiger partial charge < -0.3 is 9.64 Å². The summed E-state index contributed by atoms with van der Waals surface area (Å²) in [5.74, 6) is -1.66. The summed E-state index contributed by atoms with van der Waals surface area (Å²) in [7, 11) is -3.17. The van der Waals surface area contributed by atoms with Gasteiger partial charge in [-0.15, -0.1) is 0 Å². The van der Waals surface area contributed by atoms with Crippen molar-refractivity contribution in [3.63, 3.8) is 0 Å². The van der Waals surface area contributed by atoms with Gasteiger partial charge in [0.25, 0.3) is 11.6 Å². The Morgan fingerprint density at radius 1 is 1.41 bits per heavy atom. The van der Waals surface area contributed by atoms with E-state index in [2.05, 4.69) is 0 Å². The van der Waals surface area contributed by atoms with Gasteiger partial charge in [0.1, 0.15) is 5.56 Å². The quantitative estimate of drug-likeness (QED) is 0.375. The van der Waals surface area contributed by atoms with Crippen molar-refractivity contribution in [2.45, 2.75) is 25.8 Å². The predicted molar refractivity (Wildman–Crippen MR) is 97.5 cm³/mol. The Bertz CT molecular complexity index is 856. The summed E-state index contributed by atoms with van der Waals surface area (Å²) >= 11 is 5.70. The Morgan fingerprint density at radius 3 is 2.67 bits per heavy atom. The van der Waals surface area contributed by atoms with Gasteiger partial charge >= 0.3 is 5.97 Å². The highest BCUT2D eigenvalue weighted by Crippen LogP contribution is 2.24. The van der Waals surface area contributed by atoms with Gasteiger partial charge in [0.05, 0.1) is 16.4 Å². The van der Waals surface area contributed by atoms with Gasteiger partial charge in [-0.05, 0) is 25.0 Å². The minimum atomic E-state index is -3.17. The maximum Gasteiger partial charge on any atom is 0.345 e. The van der Waals surface area contributed by atoms with Crippen LogP contribution in [0.4, 0.5) is 5.69 Å². The smallest absolute Gasteiger partial charge is 0.345 e. The van der Waals surface area contributed by atoms with E-state index in [4.69, 9.17) is 16.3 Å². The molecule has 11 heteroatoms. The number of sulfone groups is 1. The van der Waals surface area contributed by atoms with Crippen LogP contribution in [0.1, 0.15) is 30.1 Å². The van der Waals surface area contributed by atoms with Crippen LogP contribution in [-0.4, -0.2) is 60.8 Å². The highest BCUT2D eigenvalue weighted by Gasteiger charge is 2.34. The van der Waals surface area contributed by atoms with E-state index in [-0.39, 0.29) is 22.1 Å². The molecule has 1 saturated heterocycles. The average Bonchev–Trinajstić information content (AvgIpc) is 2.96. The third-order valence-corrected chi connectivity index (χ3v) is 6.12. The summed E-state index contributed by atoms with van der Waals surface area (Å²) in [4.78, 5) is 36.3. The fraction of sp³-hybridized carbons (Fsp3) is 0.500. The number of rotatable bonds is 7. The molecule has 0 radical (unpaired) electrons. The van der Waals surface area contributed by atoms with Crippen molar-refractivity contribution in [1.82, 2.24) is 4.90 Å². The topological polar surface area (TPSA) is 124 Å². The number of amides is 1. The first-order valence-electron chi connectivity index (χ1n) is 8.25. The molecule has 1 atom stereocenters. The Kier molecular flexibility index (Phi) is 6.77. The van der Waals surface area contributed by atoms with E-state index in [9.17, 15) is 28.1 Å². The number of benzene rings is 1. The number of hydrogen-bond donors (Lipinski definition) is 0. The molecular weight excluding hydrogens is 400 g/mol. The van der Waals surface area contributed by atoms with E-state index >= 15 is 0 Å². The summed E-state index contributed by atoms with van der Waals surface area (Å²) in [5, 5.41) is 11.1. The lowest BCUT2D eigenvalue weighted by atomic mass is 10.2. The summed E-state index contributed by atoms with van der Waals surface area (Å²) in [6, 6.07) is 3.03. The van der Waals surface area contributed by atoms with Crippen molar-refractivity contribution in [3.8, 4) is 0 Å². The fourth-order valence-corrected chi connectivity index (χ4v) is 4.79. The number of carbonyl (C=O) groups is 2. The number of ether oxygens (including phenoxy) is 1. The zero-order valence-corrected chi connectivity index (χ0v) is 16.2. The second-order valence-corrected chi connectivity index (χ2v) is 8.80. The van der Waals surface area contributed by atoms with Crippen LogP contribution in [0.3, 0.4) is 0 Å². The van der Waals surface area contributed by atoms with Gasteiger partial charge in [0.15, 0.2) is 16.4 Å². The number of nitro groups is 1. The highest BCUT2D eigenvalue weighted by atomic mass is 35.5. The summed E-state index contributed by atoms with van der Waals surface area (Å²) < 4.78 is 28.2. The average molecular weight is 419 g/mol. The molecule has 148 valence electrons. The molecule has 0 N–H and O–H groups in total. The molecule has 0 aliphatic carbocycles. The van der Waals surface area contributed by atoms with Crippen molar-refractivity contribution < 1.29 is 27.7 Å². The Balaban J connectivity index is 2.07. The van der Waals surface area contributed by atoms with E-state index < -0.39 is 45.0 Å². The molecule has 0 bridgehead atoms. The maximum absolute atomic E-state index is 12.4. The number of nitrogens with zero attached hydrogens (tertiary/aromatic N) is 2. The first kappa shape index (κ1) is 21.1. The molecule has 2 rings (SSSR count). The third kappa shape index (κ3) is 5.39. The zero-order valence-electron chi connectivity index (χ0n) is 14.6. The summed E-state index contributed by atoms with van der Waals surface area (Å²) in [6.45, 7) is 1.54. The van der Waals surface area contributed by atoms with Gasteiger partial charge in [-0.2, -0.15) is 0 Å². The molecule has 9 nitrogen and oxygen atoms in total. The van der Waals surface area contributed by atoms with Crippen molar-refractivity contribution in [2.75, 3.05) is 24.7 Å². The van der Waals surface area contributed by atoms with Gasteiger partial charge in [-0.3, -0.25) is 14.9 Å². The fourth-order valence-electron chi connectivity index (χ4n) is 2.89.